The van der Waals surface area contributed by atoms with E-state index in [9.17, 15) is 9.59 Å². The summed E-state index contributed by atoms with van der Waals surface area (Å²) in [6.07, 6.45) is 4.16. The highest BCUT2D eigenvalue weighted by Crippen LogP contribution is 2.14. The molecule has 7 heteroatoms. The molecular formula is C21H22BrN3O3. The van der Waals surface area contributed by atoms with Gasteiger partial charge in [0.15, 0.2) is 0 Å². The van der Waals surface area contributed by atoms with E-state index in [-0.39, 0.29) is 24.7 Å². The number of carbonyl (C=O) groups excluding carboxylic acids is 2. The Morgan fingerprint density at radius 1 is 1.04 bits per heavy atom. The van der Waals surface area contributed by atoms with Crippen molar-refractivity contribution < 1.29 is 14.3 Å². The van der Waals surface area contributed by atoms with Crippen LogP contribution in [-0.2, 0) is 9.59 Å². The van der Waals surface area contributed by atoms with Crippen LogP contribution in [0.3, 0.4) is 0 Å². The molecule has 2 N–H and O–H groups in total. The summed E-state index contributed by atoms with van der Waals surface area (Å²) in [7, 11) is 0. The van der Waals surface area contributed by atoms with E-state index in [0.717, 1.165) is 21.5 Å². The minimum absolute atomic E-state index is 0.127. The Hall–Kier alpha value is -2.93. The molecule has 0 aliphatic rings. The molecule has 0 unspecified atom stereocenters. The van der Waals surface area contributed by atoms with Crippen LogP contribution in [0.4, 0.5) is 5.69 Å². The van der Waals surface area contributed by atoms with E-state index in [1.54, 1.807) is 12.3 Å². The number of nitrogens with one attached hydrogen (secondary N) is 2. The van der Waals surface area contributed by atoms with Crippen LogP contribution in [-0.4, -0.2) is 24.6 Å². The molecule has 0 saturated carbocycles. The fraction of sp³-hybridized carbons (Fsp3) is 0.190. The normalized spacial score (nSPS) is 10.5. The van der Waals surface area contributed by atoms with Gasteiger partial charge in [-0.2, -0.15) is 5.10 Å². The molecule has 0 aliphatic carbocycles. The number of halogens is 1. The number of anilines is 1. The number of ether oxygens (including phenoxy) is 1. The Kier molecular flexibility index (Phi) is 8.94. The third kappa shape index (κ3) is 8.18. The molecule has 6 nitrogen and oxygen atoms in total. The lowest BCUT2D eigenvalue weighted by molar-refractivity contribution is -0.121. The van der Waals surface area contributed by atoms with Gasteiger partial charge in [-0.05, 0) is 60.5 Å². The first-order valence-electron chi connectivity index (χ1n) is 8.78. The molecule has 146 valence electrons. The largest absolute Gasteiger partial charge is 0.490 e. The Morgan fingerprint density at radius 3 is 2.39 bits per heavy atom. The zero-order valence-electron chi connectivity index (χ0n) is 15.4. The van der Waals surface area contributed by atoms with Gasteiger partial charge in [-0.25, -0.2) is 5.43 Å². The lowest BCUT2D eigenvalue weighted by Crippen LogP contribution is -2.18. The summed E-state index contributed by atoms with van der Waals surface area (Å²) in [5.74, 6) is 0.374. The van der Waals surface area contributed by atoms with E-state index in [1.165, 1.54) is 0 Å². The molecule has 0 atom stereocenters. The van der Waals surface area contributed by atoms with Crippen molar-refractivity contribution in [1.82, 2.24) is 5.43 Å². The molecule has 0 aliphatic heterocycles. The summed E-state index contributed by atoms with van der Waals surface area (Å²) in [6.45, 7) is 4.04. The first-order chi connectivity index (χ1) is 13.6. The summed E-state index contributed by atoms with van der Waals surface area (Å²) in [6, 6.07) is 14.6. The fourth-order valence-electron chi connectivity index (χ4n) is 2.21. The van der Waals surface area contributed by atoms with Gasteiger partial charge in [0.05, 0.1) is 6.21 Å². The van der Waals surface area contributed by atoms with Crippen LogP contribution in [0.15, 0.2) is 70.8 Å². The first-order valence-corrected chi connectivity index (χ1v) is 9.57. The van der Waals surface area contributed by atoms with Gasteiger partial charge in [-0.15, -0.1) is 0 Å². The third-order valence-electron chi connectivity index (χ3n) is 3.59. The number of amides is 2. The lowest BCUT2D eigenvalue weighted by atomic mass is 10.2. The topological polar surface area (TPSA) is 79.8 Å². The molecule has 2 aromatic carbocycles. The number of rotatable bonds is 10. The van der Waals surface area contributed by atoms with Gasteiger partial charge in [0.1, 0.15) is 12.4 Å². The fourth-order valence-corrected chi connectivity index (χ4v) is 2.47. The molecule has 0 fully saturated rings. The van der Waals surface area contributed by atoms with Gasteiger partial charge >= 0.3 is 0 Å². The van der Waals surface area contributed by atoms with E-state index in [1.807, 2.05) is 48.5 Å². The number of hydrogen-bond acceptors (Lipinski definition) is 4. The summed E-state index contributed by atoms with van der Waals surface area (Å²) in [5, 5.41) is 6.71. The van der Waals surface area contributed by atoms with Crippen LogP contribution in [0, 0.1) is 0 Å². The van der Waals surface area contributed by atoms with E-state index in [4.69, 9.17) is 4.74 Å². The highest BCUT2D eigenvalue weighted by molar-refractivity contribution is 9.10. The average Bonchev–Trinajstić information content (AvgIpc) is 2.69. The second-order valence-electron chi connectivity index (χ2n) is 5.87. The number of hydrazone groups is 1. The number of hydrogen-bond donors (Lipinski definition) is 2. The quantitative estimate of drug-likeness (QED) is 0.326. The Balaban J connectivity index is 1.65. The van der Waals surface area contributed by atoms with Crippen molar-refractivity contribution in [2.45, 2.75) is 19.3 Å². The van der Waals surface area contributed by atoms with Crippen LogP contribution in [0.1, 0.15) is 24.8 Å². The number of carbonyl (C=O) groups is 2. The van der Waals surface area contributed by atoms with Gasteiger partial charge in [0.2, 0.25) is 11.8 Å². The van der Waals surface area contributed by atoms with Gasteiger partial charge in [0.25, 0.3) is 0 Å². The van der Waals surface area contributed by atoms with Crippen LogP contribution in [0.5, 0.6) is 5.75 Å². The maximum absolute atomic E-state index is 11.9. The van der Waals surface area contributed by atoms with Crippen LogP contribution in [0.25, 0.3) is 0 Å². The molecule has 0 radical (unpaired) electrons. The summed E-state index contributed by atoms with van der Waals surface area (Å²) in [5.41, 5.74) is 4.02. The van der Waals surface area contributed by atoms with Crippen LogP contribution in [0.2, 0.25) is 0 Å². The highest BCUT2D eigenvalue weighted by Gasteiger charge is 2.05. The van der Waals surface area contributed by atoms with Gasteiger partial charge in [-0.1, -0.05) is 28.6 Å². The highest BCUT2D eigenvalue weighted by atomic mass is 79.9. The van der Waals surface area contributed by atoms with Gasteiger partial charge in [-0.3, -0.25) is 9.59 Å². The van der Waals surface area contributed by atoms with Crippen molar-refractivity contribution >= 4 is 39.6 Å². The van der Waals surface area contributed by atoms with Crippen molar-refractivity contribution in [3.63, 3.8) is 0 Å². The number of nitrogens with zero attached hydrogens (tertiary/aromatic N) is 1. The smallest absolute Gasteiger partial charge is 0.240 e. The molecule has 0 heterocycles. The monoisotopic (exact) mass is 443 g/mol. The zero-order chi connectivity index (χ0) is 20.2. The van der Waals surface area contributed by atoms with Crippen molar-refractivity contribution in [3.05, 3.63) is 71.2 Å². The molecule has 2 aromatic rings. The molecule has 2 rings (SSSR count). The molecular weight excluding hydrogens is 422 g/mol. The number of benzene rings is 2. The molecule has 28 heavy (non-hydrogen) atoms. The SMILES string of the molecule is C=CCOc1ccc(/C=N\NC(=O)CCCC(=O)Nc2ccc(Br)cc2)cc1. The third-order valence-corrected chi connectivity index (χ3v) is 4.12. The van der Waals surface area contributed by atoms with Crippen LogP contribution < -0.4 is 15.5 Å². The van der Waals surface area contributed by atoms with Gasteiger partial charge < -0.3 is 10.1 Å². The predicted octanol–water partition coefficient (Wildman–Crippen LogP) is 4.27. The molecule has 0 aromatic heterocycles. The van der Waals surface area contributed by atoms with Gasteiger partial charge in [0, 0.05) is 23.0 Å². The molecule has 2 amide bonds. The van der Waals surface area contributed by atoms with E-state index >= 15 is 0 Å². The predicted molar refractivity (Wildman–Crippen MR) is 114 cm³/mol. The summed E-state index contributed by atoms with van der Waals surface area (Å²) >= 11 is 3.34. The van der Waals surface area contributed by atoms with E-state index < -0.39 is 0 Å². The molecule has 0 bridgehead atoms. The second-order valence-corrected chi connectivity index (χ2v) is 6.79. The molecule has 0 saturated heterocycles. The first kappa shape index (κ1) is 21.4. The van der Waals surface area contributed by atoms with Crippen molar-refractivity contribution in [2.75, 3.05) is 11.9 Å². The Bertz CT molecular complexity index is 818. The minimum atomic E-state index is -0.237. The summed E-state index contributed by atoms with van der Waals surface area (Å²) < 4.78 is 6.34. The standard InChI is InChI=1S/C21H22BrN3O3/c1-2-14-28-19-12-6-16(7-13-19)15-23-25-21(27)5-3-4-20(26)24-18-10-8-17(22)9-11-18/h2,6-13,15H,1,3-5,14H2,(H,24,26)(H,25,27)/b23-15-. The van der Waals surface area contributed by atoms with Crippen molar-refractivity contribution in [3.8, 4) is 5.75 Å². The van der Waals surface area contributed by atoms with Crippen LogP contribution >= 0.6 is 15.9 Å². The second kappa shape index (κ2) is 11.7. The minimum Gasteiger partial charge on any atom is -0.490 e. The Labute approximate surface area is 172 Å². The average molecular weight is 444 g/mol. The van der Waals surface area contributed by atoms with Crippen molar-refractivity contribution in [1.29, 1.82) is 0 Å². The lowest BCUT2D eigenvalue weighted by Gasteiger charge is -2.05. The summed E-state index contributed by atoms with van der Waals surface area (Å²) in [4.78, 5) is 23.7. The van der Waals surface area contributed by atoms with E-state index in [2.05, 4.69) is 38.4 Å². The Morgan fingerprint density at radius 2 is 1.71 bits per heavy atom. The maximum Gasteiger partial charge on any atom is 0.240 e. The maximum atomic E-state index is 11.9. The zero-order valence-corrected chi connectivity index (χ0v) is 16.9. The molecule has 0 spiro atoms. The van der Waals surface area contributed by atoms with Crippen molar-refractivity contribution in [2.24, 2.45) is 5.10 Å². The van der Waals surface area contributed by atoms with E-state index in [0.29, 0.717) is 13.0 Å².